The van der Waals surface area contributed by atoms with Crippen molar-refractivity contribution in [2.75, 3.05) is 18.5 Å². The normalized spacial score (nSPS) is 11.9. The van der Waals surface area contributed by atoms with Gasteiger partial charge in [-0.2, -0.15) is 0 Å². The van der Waals surface area contributed by atoms with Gasteiger partial charge in [-0.05, 0) is 25.7 Å². The molecule has 0 radical (unpaired) electrons. The minimum Gasteiger partial charge on any atom is -0.481 e. The highest BCUT2D eigenvalue weighted by Crippen LogP contribution is 2.16. The number of hydrogen-bond acceptors (Lipinski definition) is 5. The molecule has 20 heavy (non-hydrogen) atoms. The zero-order valence-corrected chi connectivity index (χ0v) is 12.1. The molecule has 0 aliphatic carbocycles. The van der Waals surface area contributed by atoms with Crippen molar-refractivity contribution in [3.63, 3.8) is 0 Å². The second-order valence-electron chi connectivity index (χ2n) is 4.60. The number of hydrogen-bond donors (Lipinski definition) is 2. The van der Waals surface area contributed by atoms with Crippen molar-refractivity contribution in [3.8, 4) is 5.88 Å². The minimum atomic E-state index is -0.728. The van der Waals surface area contributed by atoms with E-state index in [2.05, 4.69) is 22.2 Å². The van der Waals surface area contributed by atoms with E-state index in [0.29, 0.717) is 18.4 Å². The van der Waals surface area contributed by atoms with Crippen molar-refractivity contribution in [2.45, 2.75) is 39.5 Å². The summed E-state index contributed by atoms with van der Waals surface area (Å²) in [5.74, 6) is 0.986. The van der Waals surface area contributed by atoms with Gasteiger partial charge in [-0.25, -0.2) is 9.97 Å². The van der Waals surface area contributed by atoms with Crippen LogP contribution >= 0.6 is 0 Å². The van der Waals surface area contributed by atoms with Crippen LogP contribution < -0.4 is 10.1 Å². The topological polar surface area (TPSA) is 84.3 Å². The Labute approximate surface area is 119 Å². The minimum absolute atomic E-state index is 0.237. The number of aromatic nitrogens is 2. The predicted octanol–water partition coefficient (Wildman–Crippen LogP) is 2.57. The fourth-order valence-electron chi connectivity index (χ4n) is 1.95. The second-order valence-corrected chi connectivity index (χ2v) is 4.60. The molecule has 1 atom stereocenters. The van der Waals surface area contributed by atoms with E-state index in [1.165, 1.54) is 6.33 Å². The number of nitrogens with zero attached hydrogens (tertiary/aromatic N) is 2. The van der Waals surface area contributed by atoms with Crippen LogP contribution in [0.25, 0.3) is 0 Å². The van der Waals surface area contributed by atoms with Gasteiger partial charge in [0.15, 0.2) is 0 Å². The van der Waals surface area contributed by atoms with Crippen molar-refractivity contribution >= 4 is 11.8 Å². The van der Waals surface area contributed by atoms with E-state index in [1.54, 1.807) is 6.07 Å². The second kappa shape index (κ2) is 9.12. The fraction of sp³-hybridized carbons (Fsp3) is 0.643. The average molecular weight is 281 g/mol. The molecule has 6 heteroatoms. The Kier molecular flexibility index (Phi) is 7.39. The maximum atomic E-state index is 10.6. The molecule has 0 aliphatic heterocycles. The first-order chi connectivity index (χ1) is 9.65. The number of rotatable bonds is 10. The van der Waals surface area contributed by atoms with Gasteiger partial charge in [0.25, 0.3) is 0 Å². The molecule has 0 saturated heterocycles. The van der Waals surface area contributed by atoms with Crippen LogP contribution in [0.3, 0.4) is 0 Å². The molecule has 1 aromatic heterocycles. The molecule has 0 aliphatic rings. The molecular formula is C14H23N3O3. The summed E-state index contributed by atoms with van der Waals surface area (Å²) in [6.45, 7) is 5.33. The predicted molar refractivity (Wildman–Crippen MR) is 77.0 cm³/mol. The number of nitrogens with one attached hydrogen (secondary N) is 1. The lowest BCUT2D eigenvalue weighted by molar-refractivity contribution is -0.137. The van der Waals surface area contributed by atoms with Crippen molar-refractivity contribution in [1.82, 2.24) is 9.97 Å². The highest BCUT2D eigenvalue weighted by atomic mass is 16.5. The van der Waals surface area contributed by atoms with Gasteiger partial charge >= 0.3 is 5.97 Å². The first kappa shape index (κ1) is 16.2. The van der Waals surface area contributed by atoms with Crippen LogP contribution in [0.1, 0.15) is 39.5 Å². The van der Waals surface area contributed by atoms with Crippen molar-refractivity contribution in [3.05, 3.63) is 12.4 Å². The molecule has 0 bridgehead atoms. The van der Waals surface area contributed by atoms with Crippen LogP contribution in [0.5, 0.6) is 5.88 Å². The van der Waals surface area contributed by atoms with Crippen molar-refractivity contribution in [1.29, 1.82) is 0 Å². The number of carboxylic acid groups (broad SMARTS) is 1. The summed E-state index contributed by atoms with van der Waals surface area (Å²) in [5, 5.41) is 11.9. The summed E-state index contributed by atoms with van der Waals surface area (Å²) in [6.07, 6.45) is 4.34. The Bertz CT molecular complexity index is 412. The molecule has 1 heterocycles. The highest BCUT2D eigenvalue weighted by molar-refractivity contribution is 5.66. The molecule has 0 saturated carbocycles. The smallest absolute Gasteiger partial charge is 0.303 e. The number of aliphatic carboxylic acids is 1. The van der Waals surface area contributed by atoms with Crippen LogP contribution in [0, 0.1) is 5.92 Å². The van der Waals surface area contributed by atoms with Gasteiger partial charge in [0.2, 0.25) is 5.88 Å². The van der Waals surface area contributed by atoms with Crippen LogP contribution in [0.4, 0.5) is 5.82 Å². The summed E-state index contributed by atoms with van der Waals surface area (Å²) in [7, 11) is 0. The van der Waals surface area contributed by atoms with Crippen molar-refractivity contribution < 1.29 is 14.6 Å². The van der Waals surface area contributed by atoms with Gasteiger partial charge in [0.05, 0.1) is 6.61 Å². The molecule has 2 N–H and O–H groups in total. The Hall–Kier alpha value is -1.85. The number of carbonyl (C=O) groups is 1. The first-order valence-electron chi connectivity index (χ1n) is 7.06. The molecule has 112 valence electrons. The molecule has 1 rings (SSSR count). The third kappa shape index (κ3) is 6.36. The largest absolute Gasteiger partial charge is 0.481 e. The first-order valence-corrected chi connectivity index (χ1v) is 7.06. The van der Waals surface area contributed by atoms with Crippen LogP contribution in [0.2, 0.25) is 0 Å². The Morgan fingerprint density at radius 1 is 1.40 bits per heavy atom. The van der Waals surface area contributed by atoms with Gasteiger partial charge in [-0.3, -0.25) is 4.79 Å². The Morgan fingerprint density at radius 3 is 2.85 bits per heavy atom. The quantitative estimate of drug-likeness (QED) is 0.685. The SMILES string of the molecule is CCOc1cc(NCCC(CC)CCC(=O)O)ncn1. The summed E-state index contributed by atoms with van der Waals surface area (Å²) in [4.78, 5) is 18.7. The van der Waals surface area contributed by atoms with E-state index in [1.807, 2.05) is 6.92 Å². The van der Waals surface area contributed by atoms with E-state index >= 15 is 0 Å². The summed E-state index contributed by atoms with van der Waals surface area (Å²) >= 11 is 0. The van der Waals surface area contributed by atoms with E-state index in [-0.39, 0.29) is 6.42 Å². The summed E-state index contributed by atoms with van der Waals surface area (Å²) < 4.78 is 5.30. The molecule has 1 unspecified atom stereocenters. The molecular weight excluding hydrogens is 258 g/mol. The maximum Gasteiger partial charge on any atom is 0.303 e. The Morgan fingerprint density at radius 2 is 2.20 bits per heavy atom. The molecule has 0 aromatic carbocycles. The average Bonchev–Trinajstić information content (AvgIpc) is 2.43. The van der Waals surface area contributed by atoms with E-state index in [0.717, 1.165) is 31.6 Å². The number of ether oxygens (including phenoxy) is 1. The molecule has 0 spiro atoms. The third-order valence-electron chi connectivity index (χ3n) is 3.14. The number of carboxylic acids is 1. The van der Waals surface area contributed by atoms with Crippen LogP contribution in [-0.2, 0) is 4.79 Å². The Balaban J connectivity index is 2.34. The number of anilines is 1. The fourth-order valence-corrected chi connectivity index (χ4v) is 1.95. The summed E-state index contributed by atoms with van der Waals surface area (Å²) in [5.41, 5.74) is 0. The zero-order chi connectivity index (χ0) is 14.8. The maximum absolute atomic E-state index is 10.6. The van der Waals surface area contributed by atoms with E-state index < -0.39 is 5.97 Å². The molecule has 1 aromatic rings. The lowest BCUT2D eigenvalue weighted by Crippen LogP contribution is -2.11. The van der Waals surface area contributed by atoms with Crippen LogP contribution in [0.15, 0.2) is 12.4 Å². The molecule has 6 nitrogen and oxygen atoms in total. The van der Waals surface area contributed by atoms with E-state index in [9.17, 15) is 4.79 Å². The van der Waals surface area contributed by atoms with Gasteiger partial charge in [0, 0.05) is 19.0 Å². The lowest BCUT2D eigenvalue weighted by atomic mass is 9.97. The van der Waals surface area contributed by atoms with Crippen molar-refractivity contribution in [2.24, 2.45) is 5.92 Å². The highest BCUT2D eigenvalue weighted by Gasteiger charge is 2.09. The zero-order valence-electron chi connectivity index (χ0n) is 12.1. The van der Waals surface area contributed by atoms with E-state index in [4.69, 9.17) is 9.84 Å². The third-order valence-corrected chi connectivity index (χ3v) is 3.14. The van der Waals surface area contributed by atoms with Gasteiger partial charge in [-0.1, -0.05) is 13.3 Å². The standard InChI is InChI=1S/C14H23N3O3/c1-3-11(5-6-14(18)19)7-8-15-12-9-13(20-4-2)17-10-16-12/h9-11H,3-8H2,1-2H3,(H,18,19)(H,15,16,17). The monoisotopic (exact) mass is 281 g/mol. The van der Waals surface area contributed by atoms with Gasteiger partial charge in [0.1, 0.15) is 12.1 Å². The lowest BCUT2D eigenvalue weighted by Gasteiger charge is -2.14. The molecule has 0 fully saturated rings. The molecule has 0 amide bonds. The van der Waals surface area contributed by atoms with Gasteiger partial charge in [-0.15, -0.1) is 0 Å². The van der Waals surface area contributed by atoms with Gasteiger partial charge < -0.3 is 15.2 Å². The summed E-state index contributed by atoms with van der Waals surface area (Å²) in [6, 6.07) is 1.77. The van der Waals surface area contributed by atoms with Crippen LogP contribution in [-0.4, -0.2) is 34.2 Å².